The van der Waals surface area contributed by atoms with Crippen molar-refractivity contribution < 1.29 is 4.79 Å². The number of terminal acetylenes is 1. The van der Waals surface area contributed by atoms with E-state index in [9.17, 15) is 4.79 Å². The molecule has 0 radical (unpaired) electrons. The molecular weight excluding hydrogens is 226 g/mol. The van der Waals surface area contributed by atoms with Gasteiger partial charge in [-0.15, -0.1) is 6.42 Å². The summed E-state index contributed by atoms with van der Waals surface area (Å²) in [5.74, 6) is 2.40. The predicted molar refractivity (Wildman–Crippen MR) is 69.9 cm³/mol. The molecule has 2 rings (SSSR count). The Labute approximate surface area is 106 Å². The van der Waals surface area contributed by atoms with Gasteiger partial charge in [0.2, 0.25) is 0 Å². The molecule has 0 fully saturated rings. The van der Waals surface area contributed by atoms with E-state index in [2.05, 4.69) is 15.9 Å². The van der Waals surface area contributed by atoms with Crippen molar-refractivity contribution >= 4 is 16.9 Å². The van der Waals surface area contributed by atoms with E-state index in [0.717, 1.165) is 5.52 Å². The number of carbonyl (C=O) groups excluding carboxylic acids is 1. The maximum absolute atomic E-state index is 12.2. The van der Waals surface area contributed by atoms with Crippen LogP contribution >= 0.6 is 0 Å². The molecule has 18 heavy (non-hydrogen) atoms. The zero-order chi connectivity index (χ0) is 13.0. The van der Waals surface area contributed by atoms with Crippen molar-refractivity contribution in [2.24, 2.45) is 0 Å². The van der Waals surface area contributed by atoms with Gasteiger partial charge in [-0.25, -0.2) is 0 Å². The maximum Gasteiger partial charge on any atom is 0.254 e. The van der Waals surface area contributed by atoms with Crippen LogP contribution in [0.2, 0.25) is 0 Å². The number of aromatic nitrogens is 2. The molecule has 2 aromatic rings. The summed E-state index contributed by atoms with van der Waals surface area (Å²) in [5, 5.41) is 0. The third-order valence-corrected chi connectivity index (χ3v) is 2.67. The number of hydrogen-bond donors (Lipinski definition) is 0. The molecule has 1 heterocycles. The summed E-state index contributed by atoms with van der Waals surface area (Å²) in [6.45, 7) is 2.80. The average Bonchev–Trinajstić information content (AvgIpc) is 2.43. The molecule has 0 N–H and O–H groups in total. The largest absolute Gasteiger partial charge is 0.328 e. The van der Waals surface area contributed by atoms with Gasteiger partial charge in [-0.2, -0.15) is 0 Å². The van der Waals surface area contributed by atoms with Crippen molar-refractivity contribution in [1.29, 1.82) is 0 Å². The van der Waals surface area contributed by atoms with Gasteiger partial charge in [-0.1, -0.05) is 5.92 Å². The zero-order valence-corrected chi connectivity index (χ0v) is 10.1. The normalized spacial score (nSPS) is 10.0. The van der Waals surface area contributed by atoms with E-state index in [1.807, 2.05) is 6.92 Å². The first-order valence-electron chi connectivity index (χ1n) is 5.69. The van der Waals surface area contributed by atoms with Crippen LogP contribution in [-0.2, 0) is 0 Å². The fraction of sp³-hybridized carbons (Fsp3) is 0.214. The minimum absolute atomic E-state index is 0.0806. The summed E-state index contributed by atoms with van der Waals surface area (Å²) in [4.78, 5) is 22.1. The maximum atomic E-state index is 12.2. The van der Waals surface area contributed by atoms with Gasteiger partial charge < -0.3 is 4.90 Å². The minimum Gasteiger partial charge on any atom is -0.328 e. The molecule has 1 aromatic carbocycles. The lowest BCUT2D eigenvalue weighted by molar-refractivity contribution is 0.0785. The average molecular weight is 239 g/mol. The smallest absolute Gasteiger partial charge is 0.254 e. The lowest BCUT2D eigenvalue weighted by Crippen LogP contribution is -2.31. The lowest BCUT2D eigenvalue weighted by atomic mass is 10.1. The lowest BCUT2D eigenvalue weighted by Gasteiger charge is -2.17. The highest BCUT2D eigenvalue weighted by atomic mass is 16.2. The number of amides is 1. The molecule has 0 saturated heterocycles. The number of fused-ring (bicyclic) bond motifs is 1. The van der Waals surface area contributed by atoms with Crippen molar-refractivity contribution in [3.63, 3.8) is 0 Å². The molecule has 0 bridgehead atoms. The van der Waals surface area contributed by atoms with Crippen molar-refractivity contribution in [2.75, 3.05) is 13.1 Å². The summed E-state index contributed by atoms with van der Waals surface area (Å²) >= 11 is 0. The Balaban J connectivity index is 2.36. The quantitative estimate of drug-likeness (QED) is 0.766. The molecule has 0 spiro atoms. The molecule has 4 nitrogen and oxygen atoms in total. The number of hydrogen-bond acceptors (Lipinski definition) is 3. The number of rotatable bonds is 3. The van der Waals surface area contributed by atoms with Crippen LogP contribution < -0.4 is 0 Å². The molecule has 0 atom stereocenters. The second kappa shape index (κ2) is 5.28. The molecule has 0 aliphatic carbocycles. The second-order valence-corrected chi connectivity index (χ2v) is 3.78. The van der Waals surface area contributed by atoms with E-state index < -0.39 is 0 Å². The van der Waals surface area contributed by atoms with Crippen molar-refractivity contribution in [1.82, 2.24) is 14.9 Å². The van der Waals surface area contributed by atoms with E-state index in [1.54, 1.807) is 35.5 Å². The first-order valence-corrected chi connectivity index (χ1v) is 5.69. The Morgan fingerprint density at radius 1 is 1.33 bits per heavy atom. The van der Waals surface area contributed by atoms with Gasteiger partial charge in [0, 0.05) is 24.5 Å². The van der Waals surface area contributed by atoms with Gasteiger partial charge in [0.25, 0.3) is 5.91 Å². The van der Waals surface area contributed by atoms with Gasteiger partial charge in [-0.05, 0) is 25.1 Å². The number of carbonyl (C=O) groups is 1. The van der Waals surface area contributed by atoms with Gasteiger partial charge in [0.05, 0.1) is 17.6 Å². The Morgan fingerprint density at radius 3 is 2.72 bits per heavy atom. The monoisotopic (exact) mass is 239 g/mol. The standard InChI is InChI=1S/C14H13N3O/c1-3-9-17(4-2)14(18)11-5-6-12-13(10-11)16-8-7-15-12/h1,5-8,10H,4,9H2,2H3. The molecule has 0 saturated carbocycles. The Kier molecular flexibility index (Phi) is 3.54. The third kappa shape index (κ3) is 2.30. The number of benzene rings is 1. The minimum atomic E-state index is -0.0806. The summed E-state index contributed by atoms with van der Waals surface area (Å²) in [5.41, 5.74) is 2.06. The molecular formula is C14H13N3O. The fourth-order valence-corrected chi connectivity index (χ4v) is 1.72. The van der Waals surface area contributed by atoms with Crippen molar-refractivity contribution in [3.8, 4) is 12.3 Å². The third-order valence-electron chi connectivity index (χ3n) is 2.67. The predicted octanol–water partition coefficient (Wildman–Crippen LogP) is 1.73. The summed E-state index contributed by atoms with van der Waals surface area (Å²) < 4.78 is 0. The van der Waals surface area contributed by atoms with E-state index in [-0.39, 0.29) is 5.91 Å². The van der Waals surface area contributed by atoms with Crippen LogP contribution in [0.4, 0.5) is 0 Å². The topological polar surface area (TPSA) is 46.1 Å². The highest BCUT2D eigenvalue weighted by Crippen LogP contribution is 2.12. The van der Waals surface area contributed by atoms with Crippen LogP contribution in [0.15, 0.2) is 30.6 Å². The summed E-state index contributed by atoms with van der Waals surface area (Å²) in [6, 6.07) is 5.28. The molecule has 0 aliphatic heterocycles. The van der Waals surface area contributed by atoms with Gasteiger partial charge >= 0.3 is 0 Å². The van der Waals surface area contributed by atoms with Crippen LogP contribution in [0.25, 0.3) is 11.0 Å². The Morgan fingerprint density at radius 2 is 2.06 bits per heavy atom. The molecule has 0 aliphatic rings. The Hall–Kier alpha value is -2.41. The van der Waals surface area contributed by atoms with Gasteiger partial charge in [-0.3, -0.25) is 14.8 Å². The van der Waals surface area contributed by atoms with Gasteiger partial charge in [0.15, 0.2) is 0 Å². The summed E-state index contributed by atoms with van der Waals surface area (Å²) in [6.07, 6.45) is 8.48. The first-order chi connectivity index (χ1) is 8.76. The van der Waals surface area contributed by atoms with Gasteiger partial charge in [0.1, 0.15) is 0 Å². The van der Waals surface area contributed by atoms with Crippen LogP contribution in [0, 0.1) is 12.3 Å². The van der Waals surface area contributed by atoms with Crippen LogP contribution in [-0.4, -0.2) is 33.9 Å². The highest BCUT2D eigenvalue weighted by molar-refractivity contribution is 5.97. The first kappa shape index (κ1) is 12.1. The van der Waals surface area contributed by atoms with Crippen molar-refractivity contribution in [3.05, 3.63) is 36.2 Å². The molecule has 90 valence electrons. The molecule has 4 heteroatoms. The van der Waals surface area contributed by atoms with Crippen molar-refractivity contribution in [2.45, 2.75) is 6.92 Å². The number of nitrogens with zero attached hydrogens (tertiary/aromatic N) is 3. The van der Waals surface area contributed by atoms with E-state index >= 15 is 0 Å². The van der Waals surface area contributed by atoms with E-state index in [1.165, 1.54) is 0 Å². The van der Waals surface area contributed by atoms with Crippen LogP contribution in [0.3, 0.4) is 0 Å². The Bertz CT molecular complexity index is 616. The SMILES string of the molecule is C#CCN(CC)C(=O)c1ccc2nccnc2c1. The van der Waals surface area contributed by atoms with E-state index in [4.69, 9.17) is 6.42 Å². The fourth-order valence-electron chi connectivity index (χ4n) is 1.72. The van der Waals surface area contributed by atoms with E-state index in [0.29, 0.717) is 24.2 Å². The molecule has 1 amide bonds. The summed E-state index contributed by atoms with van der Waals surface area (Å²) in [7, 11) is 0. The highest BCUT2D eigenvalue weighted by Gasteiger charge is 2.13. The second-order valence-electron chi connectivity index (χ2n) is 3.78. The molecule has 0 unspecified atom stereocenters. The zero-order valence-electron chi connectivity index (χ0n) is 10.1. The van der Waals surface area contributed by atoms with Crippen LogP contribution in [0.5, 0.6) is 0 Å². The molecule has 1 aromatic heterocycles. The van der Waals surface area contributed by atoms with Crippen LogP contribution in [0.1, 0.15) is 17.3 Å².